The summed E-state index contributed by atoms with van der Waals surface area (Å²) in [4.78, 5) is 4.38. The van der Waals surface area contributed by atoms with Gasteiger partial charge in [0.15, 0.2) is 20.6 Å². The molecule has 0 bridgehead atoms. The average Bonchev–Trinajstić information content (AvgIpc) is 3.31. The van der Waals surface area contributed by atoms with Gasteiger partial charge in [-0.1, -0.05) is 24.3 Å². The molecule has 2 heterocycles. The Morgan fingerprint density at radius 2 is 1.73 bits per heavy atom. The number of epoxide rings is 1. The lowest BCUT2D eigenvalue weighted by molar-refractivity contribution is 0.423. The summed E-state index contributed by atoms with van der Waals surface area (Å²) in [5.74, 6) is 0.983. The van der Waals surface area contributed by atoms with Crippen molar-refractivity contribution in [1.82, 2.24) is 0 Å². The summed E-state index contributed by atoms with van der Waals surface area (Å²) in [6, 6.07) is 14.2. The Kier molecular flexibility index (Phi) is 3.02. The maximum absolute atomic E-state index is 12.7. The molecule has 0 aromatic heterocycles. The number of sulfone groups is 1. The summed E-state index contributed by atoms with van der Waals surface area (Å²) in [7, 11) is -3.55. The van der Waals surface area contributed by atoms with Gasteiger partial charge >= 0.3 is 0 Å². The number of para-hydroxylation sites is 3. The molecule has 2 aliphatic heterocycles. The molecule has 1 saturated heterocycles. The van der Waals surface area contributed by atoms with Gasteiger partial charge in [0, 0.05) is 0 Å². The topological polar surface area (TPSA) is 68.3 Å². The quantitative estimate of drug-likeness (QED) is 0.799. The Hall–Kier alpha value is -2.18. The number of nitrogens with zero attached hydrogens (tertiary/aromatic N) is 1. The van der Waals surface area contributed by atoms with Crippen LogP contribution in [0.5, 0.6) is 11.5 Å². The van der Waals surface area contributed by atoms with Gasteiger partial charge in [0.1, 0.15) is 11.4 Å². The summed E-state index contributed by atoms with van der Waals surface area (Å²) >= 11 is 0. The van der Waals surface area contributed by atoms with Crippen molar-refractivity contribution >= 4 is 20.6 Å². The van der Waals surface area contributed by atoms with E-state index in [4.69, 9.17) is 9.47 Å². The fourth-order valence-electron chi connectivity index (χ4n) is 2.38. The molecular weight excluding hydrogens is 302 g/mol. The predicted molar refractivity (Wildman–Crippen MR) is 82.7 cm³/mol. The van der Waals surface area contributed by atoms with E-state index in [1.54, 1.807) is 42.5 Å². The monoisotopic (exact) mass is 315 g/mol. The van der Waals surface area contributed by atoms with Gasteiger partial charge in [-0.3, -0.25) is 0 Å². The number of benzene rings is 2. The minimum Gasteiger partial charge on any atom is -0.454 e. The van der Waals surface area contributed by atoms with Gasteiger partial charge in [-0.15, -0.1) is 0 Å². The predicted octanol–water partition coefficient (Wildman–Crippen LogP) is 2.68. The van der Waals surface area contributed by atoms with Crippen LogP contribution in [0, 0.1) is 0 Å². The standard InChI is InChI=1S/C16H13NO4S/c18-22(19,10-11-9-20-11)16-12-5-1-3-7-14(12)21-15-8-4-2-6-13(15)17-16/h1-8,11H,9-10H2. The highest BCUT2D eigenvalue weighted by Crippen LogP contribution is 2.38. The summed E-state index contributed by atoms with van der Waals surface area (Å²) in [5.41, 5.74) is 0.994. The number of fused-ring (bicyclic) bond motifs is 2. The molecule has 22 heavy (non-hydrogen) atoms. The molecule has 0 radical (unpaired) electrons. The zero-order chi connectivity index (χ0) is 15.2. The molecule has 2 aromatic carbocycles. The Bertz CT molecular complexity index is 869. The fourth-order valence-corrected chi connectivity index (χ4v) is 3.96. The molecule has 4 rings (SSSR count). The van der Waals surface area contributed by atoms with Crippen LogP contribution < -0.4 is 4.74 Å². The third-order valence-corrected chi connectivity index (χ3v) is 5.24. The molecule has 0 aliphatic carbocycles. The van der Waals surface area contributed by atoms with E-state index in [-0.39, 0.29) is 16.9 Å². The number of hydrogen-bond donors (Lipinski definition) is 0. The van der Waals surface area contributed by atoms with Gasteiger partial charge in [-0.2, -0.15) is 0 Å². The first kappa shape index (κ1) is 13.5. The molecule has 2 aromatic rings. The largest absolute Gasteiger partial charge is 0.454 e. The van der Waals surface area contributed by atoms with E-state index in [1.807, 2.05) is 6.07 Å². The van der Waals surface area contributed by atoms with Crippen molar-refractivity contribution in [3.8, 4) is 11.5 Å². The molecule has 2 aliphatic rings. The van der Waals surface area contributed by atoms with Crippen LogP contribution in [0.25, 0.3) is 0 Å². The van der Waals surface area contributed by atoms with Gasteiger partial charge in [-0.05, 0) is 24.3 Å². The molecule has 0 N–H and O–H groups in total. The van der Waals surface area contributed by atoms with Crippen molar-refractivity contribution in [1.29, 1.82) is 0 Å². The molecule has 1 atom stereocenters. The van der Waals surface area contributed by atoms with Gasteiger partial charge in [0.25, 0.3) is 0 Å². The third-order valence-electron chi connectivity index (χ3n) is 3.53. The number of aliphatic imine (C=N–C) groups is 1. The van der Waals surface area contributed by atoms with Gasteiger partial charge in [-0.25, -0.2) is 13.4 Å². The third kappa shape index (κ3) is 2.40. The molecule has 6 heteroatoms. The number of ether oxygens (including phenoxy) is 2. The number of rotatable bonds is 2. The first-order valence-corrected chi connectivity index (χ1v) is 8.58. The summed E-state index contributed by atoms with van der Waals surface area (Å²) in [6.45, 7) is 0.487. The Morgan fingerprint density at radius 3 is 2.50 bits per heavy atom. The van der Waals surface area contributed by atoms with Crippen molar-refractivity contribution in [2.24, 2.45) is 4.99 Å². The maximum Gasteiger partial charge on any atom is 0.199 e. The van der Waals surface area contributed by atoms with Crippen LogP contribution in [0.15, 0.2) is 53.5 Å². The summed E-state index contributed by atoms with van der Waals surface area (Å²) in [5, 5.41) is 0.0450. The first-order valence-electron chi connectivity index (χ1n) is 6.93. The van der Waals surface area contributed by atoms with Gasteiger partial charge < -0.3 is 9.47 Å². The van der Waals surface area contributed by atoms with E-state index in [2.05, 4.69) is 4.99 Å². The van der Waals surface area contributed by atoms with Gasteiger partial charge in [0.2, 0.25) is 0 Å². The average molecular weight is 315 g/mol. The molecule has 5 nitrogen and oxygen atoms in total. The van der Waals surface area contributed by atoms with E-state index in [1.165, 1.54) is 0 Å². The second-order valence-electron chi connectivity index (χ2n) is 5.22. The van der Waals surface area contributed by atoms with Crippen LogP contribution in [0.2, 0.25) is 0 Å². The molecule has 1 fully saturated rings. The van der Waals surface area contributed by atoms with Gasteiger partial charge in [0.05, 0.1) is 24.0 Å². The maximum atomic E-state index is 12.7. The summed E-state index contributed by atoms with van der Waals surface area (Å²) in [6.07, 6.45) is -0.223. The lowest BCUT2D eigenvalue weighted by atomic mass is 10.2. The lowest BCUT2D eigenvalue weighted by Gasteiger charge is -2.09. The van der Waals surface area contributed by atoms with E-state index in [0.29, 0.717) is 29.4 Å². The molecule has 0 spiro atoms. The van der Waals surface area contributed by atoms with Crippen LogP contribution in [-0.2, 0) is 14.6 Å². The van der Waals surface area contributed by atoms with Crippen LogP contribution in [-0.4, -0.2) is 31.9 Å². The first-order chi connectivity index (χ1) is 10.6. The van der Waals surface area contributed by atoms with Crippen LogP contribution in [0.1, 0.15) is 5.56 Å². The van der Waals surface area contributed by atoms with Crippen molar-refractivity contribution in [2.45, 2.75) is 6.10 Å². The second-order valence-corrected chi connectivity index (χ2v) is 7.17. The molecule has 1 unspecified atom stereocenters. The van der Waals surface area contributed by atoms with Crippen molar-refractivity contribution in [3.63, 3.8) is 0 Å². The van der Waals surface area contributed by atoms with E-state index < -0.39 is 9.84 Å². The lowest BCUT2D eigenvalue weighted by Crippen LogP contribution is -2.22. The molecule has 0 amide bonds. The Morgan fingerprint density at radius 1 is 1.05 bits per heavy atom. The molecular formula is C16H13NO4S. The second kappa shape index (κ2) is 4.93. The molecule has 112 valence electrons. The molecule has 0 saturated carbocycles. The Labute approximate surface area is 128 Å². The van der Waals surface area contributed by atoms with E-state index in [9.17, 15) is 8.42 Å². The van der Waals surface area contributed by atoms with E-state index in [0.717, 1.165) is 0 Å². The zero-order valence-corrected chi connectivity index (χ0v) is 12.4. The normalized spacial score (nSPS) is 19.3. The van der Waals surface area contributed by atoms with E-state index >= 15 is 0 Å². The fraction of sp³-hybridized carbons (Fsp3) is 0.188. The summed E-state index contributed by atoms with van der Waals surface area (Å²) < 4.78 is 36.3. The Balaban J connectivity index is 1.92. The van der Waals surface area contributed by atoms with Crippen molar-refractivity contribution in [3.05, 3.63) is 54.1 Å². The SMILES string of the molecule is O=S(=O)(CC1CO1)C1=Nc2ccccc2Oc2ccccc21. The van der Waals surface area contributed by atoms with Crippen molar-refractivity contribution in [2.75, 3.05) is 12.4 Å². The van der Waals surface area contributed by atoms with Crippen molar-refractivity contribution < 1.29 is 17.9 Å². The van der Waals surface area contributed by atoms with Crippen LogP contribution in [0.4, 0.5) is 5.69 Å². The van der Waals surface area contributed by atoms with Crippen LogP contribution in [0.3, 0.4) is 0 Å². The minimum absolute atomic E-state index is 0.0450. The smallest absolute Gasteiger partial charge is 0.199 e. The number of hydrogen-bond acceptors (Lipinski definition) is 5. The minimum atomic E-state index is -3.55. The highest BCUT2D eigenvalue weighted by atomic mass is 32.2. The highest BCUT2D eigenvalue weighted by Gasteiger charge is 2.35. The zero-order valence-electron chi connectivity index (χ0n) is 11.6. The van der Waals surface area contributed by atoms with Crippen LogP contribution >= 0.6 is 0 Å². The highest BCUT2D eigenvalue weighted by molar-refractivity contribution is 8.07.